The predicted octanol–water partition coefficient (Wildman–Crippen LogP) is 3.41. The Morgan fingerprint density at radius 1 is 1.10 bits per heavy atom. The molecule has 0 aliphatic rings. The van der Waals surface area contributed by atoms with Gasteiger partial charge in [-0.2, -0.15) is 0 Å². The Kier molecular flexibility index (Phi) is 6.76. The lowest BCUT2D eigenvalue weighted by Gasteiger charge is -2.11. The Morgan fingerprint density at radius 3 is 2.35 bits per heavy atom. The summed E-state index contributed by atoms with van der Waals surface area (Å²) in [5.41, 5.74) is 3.76. The van der Waals surface area contributed by atoms with Gasteiger partial charge < -0.3 is 9.84 Å². The lowest BCUT2D eigenvalue weighted by atomic mass is 10.0. The van der Waals surface area contributed by atoms with Crippen molar-refractivity contribution in [3.8, 4) is 0 Å². The smallest absolute Gasteiger partial charge is 0.259 e. The first-order valence-electron chi connectivity index (χ1n) is 10.2. The fraction of sp³-hybridized carbons (Fsp3) is 0.409. The van der Waals surface area contributed by atoms with Crippen LogP contribution < -0.4 is 10.0 Å². The monoisotopic (exact) mass is 444 g/mol. The maximum absolute atomic E-state index is 12.9. The maximum atomic E-state index is 12.9. The Morgan fingerprint density at radius 2 is 1.74 bits per heavy atom. The van der Waals surface area contributed by atoms with Gasteiger partial charge >= 0.3 is 0 Å². The number of amides is 1. The summed E-state index contributed by atoms with van der Waals surface area (Å²) in [5.74, 6) is -0.193. The minimum Gasteiger partial charge on any atom is -0.348 e. The van der Waals surface area contributed by atoms with Crippen LogP contribution in [0.4, 0.5) is 0 Å². The van der Waals surface area contributed by atoms with Crippen molar-refractivity contribution < 1.29 is 17.7 Å². The van der Waals surface area contributed by atoms with Gasteiger partial charge in [0.05, 0.1) is 22.4 Å². The van der Waals surface area contributed by atoms with Crippen LogP contribution >= 0.6 is 0 Å². The van der Waals surface area contributed by atoms with Crippen LogP contribution in [0.3, 0.4) is 0 Å². The summed E-state index contributed by atoms with van der Waals surface area (Å²) in [7, 11) is -3.38. The number of carbonyl (C=O) groups excluding carboxylic acids is 1. The summed E-state index contributed by atoms with van der Waals surface area (Å²) in [5, 5.41) is 7.47. The third-order valence-electron chi connectivity index (χ3n) is 4.72. The Bertz CT molecular complexity index is 1180. The zero-order chi connectivity index (χ0) is 22.8. The topological polar surface area (TPSA) is 114 Å². The zero-order valence-corrected chi connectivity index (χ0v) is 19.2. The number of aryl methyl sites for hydroxylation is 1. The molecule has 0 saturated carbocycles. The molecule has 8 nitrogen and oxygen atoms in total. The highest BCUT2D eigenvalue weighted by molar-refractivity contribution is 7.88. The number of fused-ring (bicyclic) bond motifs is 1. The van der Waals surface area contributed by atoms with E-state index in [1.807, 2.05) is 26.0 Å². The van der Waals surface area contributed by atoms with E-state index in [0.717, 1.165) is 11.3 Å². The fourth-order valence-electron chi connectivity index (χ4n) is 3.24. The predicted molar refractivity (Wildman–Crippen MR) is 119 cm³/mol. The average molecular weight is 445 g/mol. The van der Waals surface area contributed by atoms with E-state index in [0.29, 0.717) is 34.5 Å². The normalized spacial score (nSPS) is 12.1. The first-order chi connectivity index (χ1) is 14.6. The van der Waals surface area contributed by atoms with E-state index in [9.17, 15) is 13.2 Å². The van der Waals surface area contributed by atoms with E-state index in [2.05, 4.69) is 20.2 Å². The van der Waals surface area contributed by atoms with Gasteiger partial charge in [-0.15, -0.1) is 0 Å². The number of carbonyl (C=O) groups is 1. The molecule has 2 N–H and O–H groups in total. The lowest BCUT2D eigenvalue weighted by molar-refractivity contribution is 0.0952. The number of pyridine rings is 1. The van der Waals surface area contributed by atoms with Gasteiger partial charge in [-0.25, -0.2) is 18.1 Å². The zero-order valence-electron chi connectivity index (χ0n) is 18.4. The minimum atomic E-state index is -3.38. The van der Waals surface area contributed by atoms with Crippen molar-refractivity contribution in [3.63, 3.8) is 0 Å². The number of aromatic nitrogens is 2. The highest BCUT2D eigenvalue weighted by atomic mass is 32.2. The summed E-state index contributed by atoms with van der Waals surface area (Å²) < 4.78 is 32.0. The fourth-order valence-corrected chi connectivity index (χ4v) is 4.67. The molecular weight excluding hydrogens is 416 g/mol. The summed E-state index contributed by atoms with van der Waals surface area (Å²) in [4.78, 5) is 17.4. The second kappa shape index (κ2) is 9.15. The van der Waals surface area contributed by atoms with Crippen LogP contribution in [0.25, 0.3) is 11.1 Å². The largest absolute Gasteiger partial charge is 0.348 e. The number of benzene rings is 1. The second-order valence-corrected chi connectivity index (χ2v) is 9.98. The number of hydrogen-bond acceptors (Lipinski definition) is 6. The van der Waals surface area contributed by atoms with Gasteiger partial charge in [-0.05, 0) is 43.9 Å². The van der Waals surface area contributed by atoms with Gasteiger partial charge in [-0.3, -0.25) is 4.79 Å². The molecule has 0 bridgehead atoms. The van der Waals surface area contributed by atoms with Crippen molar-refractivity contribution in [1.29, 1.82) is 0 Å². The second-order valence-electron chi connectivity index (χ2n) is 8.23. The molecule has 0 saturated heterocycles. The van der Waals surface area contributed by atoms with Crippen LogP contribution in [0.1, 0.15) is 66.5 Å². The SMILES string of the molecule is Cc1noc2nc(C(C)C)cc(C(=O)NCc3ccc(CS(=O)(=O)NC(C)C)cc3)c12. The van der Waals surface area contributed by atoms with Crippen LogP contribution in [0.2, 0.25) is 0 Å². The molecule has 0 aliphatic carbocycles. The highest BCUT2D eigenvalue weighted by Crippen LogP contribution is 2.25. The molecule has 0 spiro atoms. The quantitative estimate of drug-likeness (QED) is 0.550. The third kappa shape index (κ3) is 5.68. The maximum Gasteiger partial charge on any atom is 0.259 e. The molecule has 0 aliphatic heterocycles. The van der Waals surface area contributed by atoms with Crippen molar-refractivity contribution in [2.75, 3.05) is 0 Å². The minimum absolute atomic E-state index is 0.0858. The molecule has 0 atom stereocenters. The number of nitrogens with one attached hydrogen (secondary N) is 2. The van der Waals surface area contributed by atoms with Crippen molar-refractivity contribution in [1.82, 2.24) is 20.2 Å². The van der Waals surface area contributed by atoms with Gasteiger partial charge in [0.2, 0.25) is 10.0 Å². The lowest BCUT2D eigenvalue weighted by Crippen LogP contribution is -2.31. The van der Waals surface area contributed by atoms with Gasteiger partial charge in [-0.1, -0.05) is 43.3 Å². The van der Waals surface area contributed by atoms with Crippen molar-refractivity contribution in [2.45, 2.75) is 58.9 Å². The van der Waals surface area contributed by atoms with Crippen molar-refractivity contribution in [2.24, 2.45) is 0 Å². The molecule has 9 heteroatoms. The van der Waals surface area contributed by atoms with Crippen LogP contribution in [0.15, 0.2) is 34.9 Å². The van der Waals surface area contributed by atoms with E-state index >= 15 is 0 Å². The molecule has 1 aromatic carbocycles. The van der Waals surface area contributed by atoms with Crippen LogP contribution in [0.5, 0.6) is 0 Å². The van der Waals surface area contributed by atoms with Crippen molar-refractivity contribution in [3.05, 3.63) is 58.4 Å². The molecule has 31 heavy (non-hydrogen) atoms. The molecule has 166 valence electrons. The number of hydrogen-bond donors (Lipinski definition) is 2. The Balaban J connectivity index is 1.72. The van der Waals surface area contributed by atoms with E-state index in [-0.39, 0.29) is 23.6 Å². The molecule has 3 aromatic rings. The molecule has 2 heterocycles. The summed E-state index contributed by atoms with van der Waals surface area (Å²) >= 11 is 0. The molecule has 0 radical (unpaired) electrons. The average Bonchev–Trinajstić information content (AvgIpc) is 3.06. The molecular formula is C22H28N4O4S. The van der Waals surface area contributed by atoms with Gasteiger partial charge in [0, 0.05) is 18.3 Å². The third-order valence-corrected chi connectivity index (χ3v) is 6.26. The van der Waals surface area contributed by atoms with Gasteiger partial charge in [0.25, 0.3) is 11.6 Å². The molecule has 0 unspecified atom stereocenters. The molecule has 0 fully saturated rings. The van der Waals surface area contributed by atoms with Gasteiger partial charge in [0.1, 0.15) is 0 Å². The van der Waals surface area contributed by atoms with E-state index in [1.165, 1.54) is 0 Å². The van der Waals surface area contributed by atoms with Crippen LogP contribution in [0, 0.1) is 6.92 Å². The number of rotatable bonds is 8. The Labute approximate surface area is 182 Å². The molecule has 3 rings (SSSR count). The van der Waals surface area contributed by atoms with Crippen LogP contribution in [-0.4, -0.2) is 30.5 Å². The molecule has 2 aromatic heterocycles. The first-order valence-corrected chi connectivity index (χ1v) is 11.8. The Hall–Kier alpha value is -2.78. The van der Waals surface area contributed by atoms with Crippen LogP contribution in [-0.2, 0) is 22.3 Å². The summed E-state index contributed by atoms with van der Waals surface area (Å²) in [6, 6.07) is 8.77. The summed E-state index contributed by atoms with van der Waals surface area (Å²) in [6.45, 7) is 9.65. The first kappa shape index (κ1) is 22.9. The van der Waals surface area contributed by atoms with E-state index in [4.69, 9.17) is 4.52 Å². The standard InChI is InChI=1S/C22H28N4O4S/c1-13(2)19-10-18(20-15(5)25-30-22(20)24-19)21(27)23-11-16-6-8-17(9-7-16)12-31(28,29)26-14(3)4/h6-10,13-14,26H,11-12H2,1-5H3,(H,23,27). The number of nitrogens with zero attached hydrogens (tertiary/aromatic N) is 2. The number of sulfonamides is 1. The van der Waals surface area contributed by atoms with E-state index < -0.39 is 10.0 Å². The van der Waals surface area contributed by atoms with Gasteiger partial charge in [0.15, 0.2) is 0 Å². The highest BCUT2D eigenvalue weighted by Gasteiger charge is 2.19. The summed E-state index contributed by atoms with van der Waals surface area (Å²) in [6.07, 6.45) is 0. The van der Waals surface area contributed by atoms with E-state index in [1.54, 1.807) is 39.0 Å². The molecule has 1 amide bonds. The van der Waals surface area contributed by atoms with Crippen molar-refractivity contribution >= 4 is 27.0 Å².